The van der Waals surface area contributed by atoms with Crippen molar-refractivity contribution in [1.29, 1.82) is 0 Å². The minimum absolute atomic E-state index is 0.198. The maximum absolute atomic E-state index is 13.8. The number of rotatable bonds is 3. The summed E-state index contributed by atoms with van der Waals surface area (Å²) in [5.41, 5.74) is 1.98. The first kappa shape index (κ1) is 19.5. The number of hydrogen-bond acceptors (Lipinski definition) is 4. The Morgan fingerprint density at radius 3 is 2.32 bits per heavy atom. The predicted octanol–water partition coefficient (Wildman–Crippen LogP) is 3.69. The molecule has 0 unspecified atom stereocenters. The second-order valence-electron chi connectivity index (χ2n) is 7.91. The van der Waals surface area contributed by atoms with Crippen LogP contribution in [0.5, 0.6) is 0 Å². The Kier molecular flexibility index (Phi) is 4.59. The molecule has 2 aliphatic heterocycles. The Labute approximate surface area is 179 Å². The number of para-hydroxylation sites is 1. The smallest absolute Gasteiger partial charge is 0.323 e. The van der Waals surface area contributed by atoms with Gasteiger partial charge in [0.25, 0.3) is 0 Å². The van der Waals surface area contributed by atoms with Gasteiger partial charge in [-0.05, 0) is 34.9 Å². The van der Waals surface area contributed by atoms with Crippen molar-refractivity contribution >= 4 is 17.6 Å². The Morgan fingerprint density at radius 2 is 1.61 bits per heavy atom. The van der Waals surface area contributed by atoms with E-state index >= 15 is 0 Å². The van der Waals surface area contributed by atoms with Crippen molar-refractivity contribution in [3.05, 3.63) is 101 Å². The number of methoxy groups -OCH3 is 1. The number of benzene rings is 3. The number of anilines is 1. The molecule has 2 N–H and O–H groups in total. The molecular weight excluding hydrogens is 395 g/mol. The van der Waals surface area contributed by atoms with Crippen molar-refractivity contribution in [2.24, 2.45) is 0 Å². The molecule has 1 saturated heterocycles. The Morgan fingerprint density at radius 1 is 0.935 bits per heavy atom. The van der Waals surface area contributed by atoms with Crippen LogP contribution in [-0.4, -0.2) is 25.0 Å². The molecular formula is C25H21FN2O3. The molecule has 3 aromatic carbocycles. The van der Waals surface area contributed by atoms with E-state index in [1.165, 1.54) is 19.2 Å². The summed E-state index contributed by atoms with van der Waals surface area (Å²) in [6.45, 7) is 0. The summed E-state index contributed by atoms with van der Waals surface area (Å²) >= 11 is 0. The molecule has 6 heteroatoms. The highest BCUT2D eigenvalue weighted by Gasteiger charge is 2.66. The Hall–Kier alpha value is -3.51. The average Bonchev–Trinajstić information content (AvgIpc) is 3.31. The Bertz CT molecular complexity index is 1150. The molecule has 1 amide bonds. The van der Waals surface area contributed by atoms with E-state index < -0.39 is 29.4 Å². The summed E-state index contributed by atoms with van der Waals surface area (Å²) in [4.78, 5) is 26.7. The second-order valence-corrected chi connectivity index (χ2v) is 7.91. The number of carbonyl (C=O) groups excluding carboxylic acids is 2. The average molecular weight is 416 g/mol. The van der Waals surface area contributed by atoms with Crippen molar-refractivity contribution in [2.45, 2.75) is 23.4 Å². The zero-order valence-electron chi connectivity index (χ0n) is 16.8. The van der Waals surface area contributed by atoms with E-state index in [1.54, 1.807) is 12.1 Å². The lowest BCUT2D eigenvalue weighted by atomic mass is 9.63. The topological polar surface area (TPSA) is 67.4 Å². The van der Waals surface area contributed by atoms with Gasteiger partial charge in [-0.15, -0.1) is 0 Å². The van der Waals surface area contributed by atoms with Gasteiger partial charge in [-0.25, -0.2) is 4.39 Å². The maximum Gasteiger partial charge on any atom is 0.323 e. The van der Waals surface area contributed by atoms with E-state index in [9.17, 15) is 14.0 Å². The van der Waals surface area contributed by atoms with Gasteiger partial charge in [0.2, 0.25) is 5.91 Å². The number of carbonyl (C=O) groups is 2. The van der Waals surface area contributed by atoms with Crippen LogP contribution in [0, 0.1) is 5.82 Å². The molecule has 156 valence electrons. The molecule has 0 bridgehead atoms. The van der Waals surface area contributed by atoms with Crippen LogP contribution in [0.15, 0.2) is 78.9 Å². The molecule has 2 heterocycles. The van der Waals surface area contributed by atoms with Crippen LogP contribution in [0.2, 0.25) is 0 Å². The summed E-state index contributed by atoms with van der Waals surface area (Å²) in [6.07, 6.45) is 0. The number of fused-ring (bicyclic) bond motifs is 2. The highest BCUT2D eigenvalue weighted by molar-refractivity contribution is 6.09. The number of nitrogens with one attached hydrogen (secondary N) is 2. The van der Waals surface area contributed by atoms with Crippen LogP contribution in [0.25, 0.3) is 0 Å². The fourth-order valence-corrected chi connectivity index (χ4v) is 5.21. The highest BCUT2D eigenvalue weighted by atomic mass is 19.1. The maximum atomic E-state index is 13.8. The van der Waals surface area contributed by atoms with Gasteiger partial charge >= 0.3 is 5.97 Å². The van der Waals surface area contributed by atoms with Crippen LogP contribution in [0.3, 0.4) is 0 Å². The zero-order chi connectivity index (χ0) is 21.6. The SMILES string of the molecule is COC(=O)[C@@H]1N[C@H](c2ccc(F)cc2)[C@]2(C(=O)Nc3ccccc32)[C@H]1c1ccccc1. The molecule has 5 nitrogen and oxygen atoms in total. The summed E-state index contributed by atoms with van der Waals surface area (Å²) in [5.74, 6) is -1.54. The van der Waals surface area contributed by atoms with E-state index in [4.69, 9.17) is 4.74 Å². The van der Waals surface area contributed by atoms with Gasteiger partial charge in [0.15, 0.2) is 0 Å². The molecule has 4 atom stereocenters. The first-order valence-electron chi connectivity index (χ1n) is 10.1. The van der Waals surface area contributed by atoms with Crippen molar-refractivity contribution < 1.29 is 18.7 Å². The van der Waals surface area contributed by atoms with Crippen LogP contribution in [0.1, 0.15) is 28.7 Å². The van der Waals surface area contributed by atoms with Gasteiger partial charge < -0.3 is 10.1 Å². The molecule has 1 fully saturated rings. The Balaban J connectivity index is 1.81. The number of hydrogen-bond donors (Lipinski definition) is 2. The lowest BCUT2D eigenvalue weighted by Crippen LogP contribution is -2.44. The molecule has 0 saturated carbocycles. The van der Waals surface area contributed by atoms with Crippen LogP contribution in [-0.2, 0) is 19.7 Å². The number of amides is 1. The molecule has 0 radical (unpaired) electrons. The van der Waals surface area contributed by atoms with E-state index in [0.29, 0.717) is 5.69 Å². The lowest BCUT2D eigenvalue weighted by Gasteiger charge is -2.35. The molecule has 5 rings (SSSR count). The fourth-order valence-electron chi connectivity index (χ4n) is 5.21. The molecule has 3 aromatic rings. The third-order valence-electron chi connectivity index (χ3n) is 6.44. The van der Waals surface area contributed by atoms with Gasteiger partial charge in [-0.3, -0.25) is 14.9 Å². The summed E-state index contributed by atoms with van der Waals surface area (Å²) in [7, 11) is 1.34. The second kappa shape index (κ2) is 7.32. The van der Waals surface area contributed by atoms with Crippen molar-refractivity contribution in [1.82, 2.24) is 5.32 Å². The van der Waals surface area contributed by atoms with Gasteiger partial charge in [0.05, 0.1) is 13.2 Å². The van der Waals surface area contributed by atoms with E-state index in [0.717, 1.165) is 16.7 Å². The number of halogens is 1. The molecule has 2 aliphatic rings. The van der Waals surface area contributed by atoms with Gasteiger partial charge in [0, 0.05) is 11.6 Å². The minimum Gasteiger partial charge on any atom is -0.468 e. The molecule has 31 heavy (non-hydrogen) atoms. The van der Waals surface area contributed by atoms with Crippen molar-refractivity contribution in [2.75, 3.05) is 12.4 Å². The largest absolute Gasteiger partial charge is 0.468 e. The fraction of sp³-hybridized carbons (Fsp3) is 0.200. The molecule has 0 aromatic heterocycles. The monoisotopic (exact) mass is 416 g/mol. The first-order chi connectivity index (χ1) is 15.1. The lowest BCUT2D eigenvalue weighted by molar-refractivity contribution is -0.143. The third-order valence-corrected chi connectivity index (χ3v) is 6.44. The third kappa shape index (κ3) is 2.79. The van der Waals surface area contributed by atoms with Gasteiger partial charge in [-0.2, -0.15) is 0 Å². The van der Waals surface area contributed by atoms with Gasteiger partial charge in [0.1, 0.15) is 17.3 Å². The quantitative estimate of drug-likeness (QED) is 0.639. The summed E-state index contributed by atoms with van der Waals surface area (Å²) in [5, 5.41) is 6.39. The molecule has 1 spiro atoms. The van der Waals surface area contributed by atoms with Crippen LogP contribution < -0.4 is 10.6 Å². The van der Waals surface area contributed by atoms with Gasteiger partial charge in [-0.1, -0.05) is 60.7 Å². The first-order valence-corrected chi connectivity index (χ1v) is 10.1. The number of esters is 1. The highest BCUT2D eigenvalue weighted by Crippen LogP contribution is 2.59. The zero-order valence-corrected chi connectivity index (χ0v) is 16.8. The summed E-state index contributed by atoms with van der Waals surface area (Å²) < 4.78 is 18.8. The normalized spacial score (nSPS) is 26.5. The molecule has 0 aliphatic carbocycles. The summed E-state index contributed by atoms with van der Waals surface area (Å²) in [6, 6.07) is 21.8. The van der Waals surface area contributed by atoms with Crippen molar-refractivity contribution in [3.63, 3.8) is 0 Å². The predicted molar refractivity (Wildman–Crippen MR) is 114 cm³/mol. The van der Waals surface area contributed by atoms with Crippen LogP contribution >= 0.6 is 0 Å². The van der Waals surface area contributed by atoms with E-state index in [-0.39, 0.29) is 11.7 Å². The van der Waals surface area contributed by atoms with Crippen molar-refractivity contribution in [3.8, 4) is 0 Å². The minimum atomic E-state index is -1.12. The number of ether oxygens (including phenoxy) is 1. The van der Waals surface area contributed by atoms with E-state index in [2.05, 4.69) is 10.6 Å². The van der Waals surface area contributed by atoms with Crippen LogP contribution in [0.4, 0.5) is 10.1 Å². The van der Waals surface area contributed by atoms with E-state index in [1.807, 2.05) is 54.6 Å². The standard InChI is InChI=1S/C25H21FN2O3/c1-31-23(29)21-20(15-7-3-2-4-8-15)25(18-9-5-6-10-19(18)27-24(25)30)22(28-21)16-11-13-17(26)14-12-16/h2-14,20-22,28H,1H3,(H,27,30)/t20-,21+,22+,25+/m0/s1.